The van der Waals surface area contributed by atoms with E-state index in [1.807, 2.05) is 30.3 Å². The molecule has 1 aliphatic heterocycles. The summed E-state index contributed by atoms with van der Waals surface area (Å²) in [6, 6.07) is 12.1. The summed E-state index contributed by atoms with van der Waals surface area (Å²) in [7, 11) is -3.01. The van der Waals surface area contributed by atoms with Gasteiger partial charge in [0.1, 0.15) is 5.75 Å². The maximum Gasteiger partial charge on any atom is 0.253 e. The number of aromatic nitrogens is 1. The summed E-state index contributed by atoms with van der Waals surface area (Å²) in [5.74, 6) is 0.844. The Balaban J connectivity index is 1.62. The molecule has 0 unspecified atom stereocenters. The van der Waals surface area contributed by atoms with Crippen LogP contribution >= 0.6 is 0 Å². The number of hydrogen-bond acceptors (Lipinski definition) is 5. The lowest BCUT2D eigenvalue weighted by Crippen LogP contribution is -2.35. The molecule has 0 radical (unpaired) electrons. The number of nitrogens with zero attached hydrogens (tertiary/aromatic N) is 1. The Morgan fingerprint density at radius 3 is 2.57 bits per heavy atom. The van der Waals surface area contributed by atoms with Gasteiger partial charge in [0.05, 0.1) is 17.1 Å². The third-order valence-corrected chi connectivity index (χ3v) is 5.30. The van der Waals surface area contributed by atoms with Crippen molar-refractivity contribution in [1.29, 1.82) is 0 Å². The first kappa shape index (κ1) is 15.5. The van der Waals surface area contributed by atoms with E-state index in [1.54, 1.807) is 12.1 Å². The molecule has 1 aromatic heterocycles. The molecule has 2 aromatic rings. The zero-order valence-electron chi connectivity index (χ0n) is 12.3. The van der Waals surface area contributed by atoms with Gasteiger partial charge in [-0.1, -0.05) is 18.2 Å². The number of rotatable bonds is 4. The van der Waals surface area contributed by atoms with E-state index in [0.29, 0.717) is 23.6 Å². The Morgan fingerprint density at radius 1 is 1.17 bits per heavy atom. The standard InChI is InChI=1S/C16H16N2O4S/c19-16(18-13-8-9-23(20,21)11-13)12-6-7-15(17-10-12)22-14-4-2-1-3-5-14/h1-7,10,13H,8-9,11H2,(H,18,19)/t13-/m1/s1. The molecule has 1 aromatic carbocycles. The number of ether oxygens (including phenoxy) is 1. The summed E-state index contributed by atoms with van der Waals surface area (Å²) in [5, 5.41) is 2.72. The van der Waals surface area contributed by atoms with Crippen molar-refractivity contribution in [2.75, 3.05) is 11.5 Å². The minimum absolute atomic E-state index is 0.00136. The van der Waals surface area contributed by atoms with Crippen molar-refractivity contribution in [1.82, 2.24) is 10.3 Å². The summed E-state index contributed by atoms with van der Waals surface area (Å²) in [6.45, 7) is 0. The lowest BCUT2D eigenvalue weighted by Gasteiger charge is -2.11. The molecule has 3 rings (SSSR count). The van der Waals surface area contributed by atoms with E-state index in [2.05, 4.69) is 10.3 Å². The average Bonchev–Trinajstić information content (AvgIpc) is 2.88. The molecule has 1 fully saturated rings. The third-order valence-electron chi connectivity index (χ3n) is 3.53. The number of amides is 1. The first-order valence-corrected chi connectivity index (χ1v) is 9.04. The van der Waals surface area contributed by atoms with Crippen LogP contribution in [-0.2, 0) is 9.84 Å². The Labute approximate surface area is 134 Å². The molecule has 23 heavy (non-hydrogen) atoms. The Kier molecular flexibility index (Phi) is 4.29. The predicted octanol–water partition coefficient (Wildman–Crippen LogP) is 1.79. The van der Waals surface area contributed by atoms with E-state index in [9.17, 15) is 13.2 Å². The number of sulfone groups is 1. The van der Waals surface area contributed by atoms with Gasteiger partial charge in [-0.3, -0.25) is 4.79 Å². The highest BCUT2D eigenvalue weighted by atomic mass is 32.2. The third kappa shape index (κ3) is 4.07. The smallest absolute Gasteiger partial charge is 0.253 e. The van der Waals surface area contributed by atoms with Crippen molar-refractivity contribution in [2.45, 2.75) is 12.5 Å². The van der Waals surface area contributed by atoms with Gasteiger partial charge in [0, 0.05) is 18.3 Å². The summed E-state index contributed by atoms with van der Waals surface area (Å²) < 4.78 is 28.3. The van der Waals surface area contributed by atoms with Crippen LogP contribution in [0.4, 0.5) is 0 Å². The highest BCUT2D eigenvalue weighted by molar-refractivity contribution is 7.91. The molecule has 1 aliphatic rings. The number of carbonyl (C=O) groups is 1. The summed E-state index contributed by atoms with van der Waals surface area (Å²) >= 11 is 0. The molecule has 120 valence electrons. The van der Waals surface area contributed by atoms with Crippen LogP contribution in [0.15, 0.2) is 48.7 Å². The molecule has 1 atom stereocenters. The average molecular weight is 332 g/mol. The number of carbonyl (C=O) groups excluding carboxylic acids is 1. The lowest BCUT2D eigenvalue weighted by atomic mass is 10.2. The minimum atomic E-state index is -3.01. The Morgan fingerprint density at radius 2 is 1.96 bits per heavy atom. The molecule has 0 spiro atoms. The van der Waals surface area contributed by atoms with E-state index < -0.39 is 9.84 Å². The van der Waals surface area contributed by atoms with Gasteiger partial charge in [-0.15, -0.1) is 0 Å². The van der Waals surface area contributed by atoms with Crippen LogP contribution in [0.1, 0.15) is 16.8 Å². The second-order valence-electron chi connectivity index (χ2n) is 5.37. The fraction of sp³-hybridized carbons (Fsp3) is 0.250. The van der Waals surface area contributed by atoms with Crippen molar-refractivity contribution in [3.05, 3.63) is 54.2 Å². The van der Waals surface area contributed by atoms with Crippen LogP contribution in [0.3, 0.4) is 0 Å². The van der Waals surface area contributed by atoms with Crippen LogP contribution in [0.5, 0.6) is 11.6 Å². The maximum absolute atomic E-state index is 12.1. The molecular formula is C16H16N2O4S. The van der Waals surface area contributed by atoms with Gasteiger partial charge in [-0.25, -0.2) is 13.4 Å². The topological polar surface area (TPSA) is 85.4 Å². The molecule has 1 N–H and O–H groups in total. The van der Waals surface area contributed by atoms with Gasteiger partial charge < -0.3 is 10.1 Å². The van der Waals surface area contributed by atoms with Gasteiger partial charge in [0.15, 0.2) is 9.84 Å². The number of hydrogen-bond donors (Lipinski definition) is 1. The monoisotopic (exact) mass is 332 g/mol. The van der Waals surface area contributed by atoms with E-state index in [0.717, 1.165) is 0 Å². The van der Waals surface area contributed by atoms with E-state index in [4.69, 9.17) is 4.74 Å². The minimum Gasteiger partial charge on any atom is -0.439 e. The zero-order chi connectivity index (χ0) is 16.3. The summed E-state index contributed by atoms with van der Waals surface area (Å²) in [6.07, 6.45) is 1.87. The summed E-state index contributed by atoms with van der Waals surface area (Å²) in [4.78, 5) is 16.2. The summed E-state index contributed by atoms with van der Waals surface area (Å²) in [5.41, 5.74) is 0.370. The van der Waals surface area contributed by atoms with Crippen molar-refractivity contribution in [3.63, 3.8) is 0 Å². The fourth-order valence-electron chi connectivity index (χ4n) is 2.36. The van der Waals surface area contributed by atoms with Gasteiger partial charge >= 0.3 is 0 Å². The molecule has 1 amide bonds. The van der Waals surface area contributed by atoms with Gasteiger partial charge in [-0.05, 0) is 24.6 Å². The highest BCUT2D eigenvalue weighted by Crippen LogP contribution is 2.19. The molecule has 1 saturated heterocycles. The van der Waals surface area contributed by atoms with E-state index in [-0.39, 0.29) is 23.5 Å². The van der Waals surface area contributed by atoms with Crippen molar-refractivity contribution in [3.8, 4) is 11.6 Å². The highest BCUT2D eigenvalue weighted by Gasteiger charge is 2.29. The Bertz CT molecular complexity index is 789. The van der Waals surface area contributed by atoms with Crippen molar-refractivity contribution >= 4 is 15.7 Å². The molecule has 0 bridgehead atoms. The molecule has 0 aliphatic carbocycles. The van der Waals surface area contributed by atoms with Crippen LogP contribution in [0, 0.1) is 0 Å². The molecule has 7 heteroatoms. The van der Waals surface area contributed by atoms with E-state index in [1.165, 1.54) is 6.20 Å². The largest absolute Gasteiger partial charge is 0.439 e. The molecule has 2 heterocycles. The first-order chi connectivity index (χ1) is 11.0. The number of para-hydroxylation sites is 1. The van der Waals surface area contributed by atoms with Crippen LogP contribution in [0.2, 0.25) is 0 Å². The quantitative estimate of drug-likeness (QED) is 0.922. The van der Waals surface area contributed by atoms with Gasteiger partial charge in [0.25, 0.3) is 5.91 Å². The predicted molar refractivity (Wildman–Crippen MR) is 85.3 cm³/mol. The maximum atomic E-state index is 12.1. The molecule has 0 saturated carbocycles. The van der Waals surface area contributed by atoms with Crippen LogP contribution in [-0.4, -0.2) is 36.9 Å². The molecular weight excluding hydrogens is 316 g/mol. The van der Waals surface area contributed by atoms with Crippen molar-refractivity contribution in [2.24, 2.45) is 0 Å². The van der Waals surface area contributed by atoms with E-state index >= 15 is 0 Å². The van der Waals surface area contributed by atoms with Gasteiger partial charge in [-0.2, -0.15) is 0 Å². The number of benzene rings is 1. The number of pyridine rings is 1. The van der Waals surface area contributed by atoms with Crippen LogP contribution in [0.25, 0.3) is 0 Å². The SMILES string of the molecule is O=C(N[C@@H]1CCS(=O)(=O)C1)c1ccc(Oc2ccccc2)nc1. The second-order valence-corrected chi connectivity index (χ2v) is 7.60. The zero-order valence-corrected chi connectivity index (χ0v) is 13.1. The Hall–Kier alpha value is -2.41. The van der Waals surface area contributed by atoms with Gasteiger partial charge in [0.2, 0.25) is 5.88 Å². The normalized spacial score (nSPS) is 19.2. The second kappa shape index (κ2) is 6.37. The van der Waals surface area contributed by atoms with Crippen LogP contribution < -0.4 is 10.1 Å². The molecule has 6 nitrogen and oxygen atoms in total. The fourth-order valence-corrected chi connectivity index (χ4v) is 4.04. The van der Waals surface area contributed by atoms with Crippen molar-refractivity contribution < 1.29 is 17.9 Å². The number of nitrogens with one attached hydrogen (secondary N) is 1. The lowest BCUT2D eigenvalue weighted by molar-refractivity contribution is 0.0940. The first-order valence-electron chi connectivity index (χ1n) is 7.22.